The van der Waals surface area contributed by atoms with Crippen LogP contribution in [0.2, 0.25) is 0 Å². The minimum absolute atomic E-state index is 0.0692. The van der Waals surface area contributed by atoms with Crippen molar-refractivity contribution in [1.29, 1.82) is 5.26 Å². The molecule has 0 radical (unpaired) electrons. The van der Waals surface area contributed by atoms with E-state index >= 15 is 0 Å². The summed E-state index contributed by atoms with van der Waals surface area (Å²) in [6.45, 7) is 3.51. The molecule has 0 spiro atoms. The normalized spacial score (nSPS) is 11.9. The summed E-state index contributed by atoms with van der Waals surface area (Å²) >= 11 is 0.692. The lowest BCUT2D eigenvalue weighted by molar-refractivity contribution is -0.384. The second-order valence-corrected chi connectivity index (χ2v) is 10.4. The lowest BCUT2D eigenvalue weighted by Gasteiger charge is -2.02. The second-order valence-electron chi connectivity index (χ2n) is 7.18. The third-order valence-corrected chi connectivity index (χ3v) is 7.43. The fourth-order valence-electron chi connectivity index (χ4n) is 2.71. The maximum atomic E-state index is 12.5. The van der Waals surface area contributed by atoms with Crippen molar-refractivity contribution in [3.63, 3.8) is 0 Å². The van der Waals surface area contributed by atoms with Gasteiger partial charge in [-0.2, -0.15) is 5.26 Å². The number of carbonyl (C=O) groups is 1. The zero-order valence-electron chi connectivity index (χ0n) is 17.4. The van der Waals surface area contributed by atoms with Crippen LogP contribution in [-0.2, 0) is 14.6 Å². The number of sulfone groups is 1. The number of non-ortho nitro benzene ring substituents is 1. The minimum atomic E-state index is -3.62. The number of furan rings is 1. The van der Waals surface area contributed by atoms with E-state index in [9.17, 15) is 28.6 Å². The summed E-state index contributed by atoms with van der Waals surface area (Å²) in [5.41, 5.74) is 0.0254. The lowest BCUT2D eigenvalue weighted by Crippen LogP contribution is -2.13. The Balaban J connectivity index is 1.77. The Kier molecular flexibility index (Phi) is 7.00. The molecule has 0 unspecified atom stereocenters. The molecule has 11 nitrogen and oxygen atoms in total. The highest BCUT2D eigenvalue weighted by Gasteiger charge is 2.23. The van der Waals surface area contributed by atoms with Crippen LogP contribution >= 0.6 is 11.3 Å². The largest absolute Gasteiger partial charge is 0.457 e. The number of amides is 1. The van der Waals surface area contributed by atoms with Gasteiger partial charge in [0.2, 0.25) is 19.3 Å². The van der Waals surface area contributed by atoms with Crippen LogP contribution in [0.25, 0.3) is 17.4 Å². The Hall–Kier alpha value is -3.89. The zero-order valence-corrected chi connectivity index (χ0v) is 19.0. The molecule has 33 heavy (non-hydrogen) atoms. The van der Waals surface area contributed by atoms with Gasteiger partial charge in [-0.25, -0.2) is 8.42 Å². The molecular formula is C20H17N5O6S2. The van der Waals surface area contributed by atoms with Gasteiger partial charge >= 0.3 is 0 Å². The van der Waals surface area contributed by atoms with Crippen LogP contribution in [0, 0.1) is 27.4 Å². The number of nitriles is 1. The van der Waals surface area contributed by atoms with Gasteiger partial charge in [-0.1, -0.05) is 37.3 Å². The van der Waals surface area contributed by atoms with Crippen molar-refractivity contribution in [1.82, 2.24) is 10.2 Å². The number of aromatic nitrogens is 2. The first kappa shape index (κ1) is 23.8. The molecule has 3 aromatic rings. The first-order chi connectivity index (χ1) is 15.6. The Morgan fingerprint density at radius 3 is 2.76 bits per heavy atom. The standard InChI is InChI=1S/C20H17N5O6S2/c1-12(2)11-33(29,30)20-24-23-19(32-20)22-18(26)14(10-21)9-16-6-7-17(31-16)13-4-3-5-15(8-13)25(27)28/h3-9,12H,11H2,1-2H3,(H,22,23,26). The fraction of sp³-hybridized carbons (Fsp3) is 0.200. The van der Waals surface area contributed by atoms with E-state index in [0.717, 1.165) is 0 Å². The lowest BCUT2D eigenvalue weighted by atomic mass is 10.1. The molecule has 0 aliphatic heterocycles. The van der Waals surface area contributed by atoms with E-state index < -0.39 is 20.7 Å². The van der Waals surface area contributed by atoms with E-state index in [0.29, 0.717) is 22.7 Å². The Labute approximate surface area is 192 Å². The predicted octanol–water partition coefficient (Wildman–Crippen LogP) is 3.68. The highest BCUT2D eigenvalue weighted by molar-refractivity contribution is 7.93. The SMILES string of the molecule is CC(C)CS(=O)(=O)c1nnc(NC(=O)C(C#N)=Cc2ccc(-c3cccc([N+](=O)[O-])c3)o2)s1. The molecule has 0 aliphatic carbocycles. The number of rotatable bonds is 8. The second kappa shape index (κ2) is 9.72. The molecule has 2 aromatic heterocycles. The summed E-state index contributed by atoms with van der Waals surface area (Å²) < 4.78 is 29.8. The first-order valence-corrected chi connectivity index (χ1v) is 11.9. The molecule has 0 bridgehead atoms. The maximum absolute atomic E-state index is 12.5. The van der Waals surface area contributed by atoms with E-state index in [4.69, 9.17) is 4.42 Å². The number of nitrogens with zero attached hydrogens (tertiary/aromatic N) is 4. The number of hydrogen-bond acceptors (Lipinski definition) is 10. The average molecular weight is 488 g/mol. The molecule has 1 aromatic carbocycles. The zero-order chi connectivity index (χ0) is 24.2. The van der Waals surface area contributed by atoms with Crippen molar-refractivity contribution < 1.29 is 22.6 Å². The van der Waals surface area contributed by atoms with E-state index in [1.807, 2.05) is 0 Å². The van der Waals surface area contributed by atoms with E-state index in [1.165, 1.54) is 30.3 Å². The molecule has 2 heterocycles. The summed E-state index contributed by atoms with van der Waals surface area (Å²) in [6, 6.07) is 10.6. The third kappa shape index (κ3) is 5.88. The number of nitrogens with one attached hydrogen (secondary N) is 1. The van der Waals surface area contributed by atoms with Crippen LogP contribution in [0.1, 0.15) is 19.6 Å². The highest BCUT2D eigenvalue weighted by atomic mass is 32.2. The van der Waals surface area contributed by atoms with Gasteiger partial charge in [-0.3, -0.25) is 20.2 Å². The molecule has 0 fully saturated rings. The summed E-state index contributed by atoms with van der Waals surface area (Å²) in [4.78, 5) is 22.9. The van der Waals surface area contributed by atoms with Crippen molar-refractivity contribution in [2.45, 2.75) is 18.2 Å². The Morgan fingerprint density at radius 2 is 2.09 bits per heavy atom. The quantitative estimate of drug-likeness (QED) is 0.164. The first-order valence-electron chi connectivity index (χ1n) is 9.43. The predicted molar refractivity (Wildman–Crippen MR) is 120 cm³/mol. The highest BCUT2D eigenvalue weighted by Crippen LogP contribution is 2.27. The molecular weight excluding hydrogens is 470 g/mol. The smallest absolute Gasteiger partial charge is 0.270 e. The summed E-state index contributed by atoms with van der Waals surface area (Å²) in [6.07, 6.45) is 1.19. The number of anilines is 1. The fourth-order valence-corrected chi connectivity index (χ4v) is 5.32. The number of benzene rings is 1. The monoisotopic (exact) mass is 487 g/mol. The van der Waals surface area contributed by atoms with Crippen LogP contribution < -0.4 is 5.32 Å². The number of nitro groups is 1. The number of hydrogen-bond donors (Lipinski definition) is 1. The van der Waals surface area contributed by atoms with E-state index in [2.05, 4.69) is 15.5 Å². The van der Waals surface area contributed by atoms with Crippen molar-refractivity contribution in [3.05, 3.63) is 57.8 Å². The van der Waals surface area contributed by atoms with Crippen LogP contribution in [0.15, 0.2) is 50.7 Å². The maximum Gasteiger partial charge on any atom is 0.270 e. The summed E-state index contributed by atoms with van der Waals surface area (Å²) in [7, 11) is -3.62. The molecule has 1 N–H and O–H groups in total. The molecule has 0 aliphatic rings. The van der Waals surface area contributed by atoms with Gasteiger partial charge in [0, 0.05) is 23.8 Å². The molecule has 1 amide bonds. The van der Waals surface area contributed by atoms with Gasteiger partial charge in [-0.15, -0.1) is 10.2 Å². The van der Waals surface area contributed by atoms with E-state index in [1.54, 1.807) is 32.0 Å². The average Bonchev–Trinajstić information content (AvgIpc) is 3.41. The molecule has 0 saturated carbocycles. The summed E-state index contributed by atoms with van der Waals surface area (Å²) in [5, 5.41) is 29.9. The summed E-state index contributed by atoms with van der Waals surface area (Å²) in [5.74, 6) is -0.558. The van der Waals surface area contributed by atoms with Crippen LogP contribution in [0.4, 0.5) is 10.8 Å². The molecule has 3 rings (SSSR count). The van der Waals surface area contributed by atoms with Gasteiger partial charge in [0.05, 0.1) is 10.7 Å². The topological polar surface area (TPSA) is 169 Å². The third-order valence-electron chi connectivity index (χ3n) is 4.07. The molecule has 170 valence electrons. The number of nitro benzene ring substituents is 1. The number of carbonyl (C=O) groups excluding carboxylic acids is 1. The van der Waals surface area contributed by atoms with Crippen LogP contribution in [-0.4, -0.2) is 35.2 Å². The molecule has 0 saturated heterocycles. The van der Waals surface area contributed by atoms with Crippen molar-refractivity contribution in [3.8, 4) is 17.4 Å². The van der Waals surface area contributed by atoms with Crippen molar-refractivity contribution >= 4 is 44.0 Å². The van der Waals surface area contributed by atoms with Gasteiger partial charge in [-0.05, 0) is 18.1 Å². The molecule has 13 heteroatoms. The Morgan fingerprint density at radius 1 is 1.33 bits per heavy atom. The molecule has 0 atom stereocenters. The minimum Gasteiger partial charge on any atom is -0.457 e. The van der Waals surface area contributed by atoms with Crippen molar-refractivity contribution in [2.24, 2.45) is 5.92 Å². The van der Waals surface area contributed by atoms with Crippen LogP contribution in [0.5, 0.6) is 0 Å². The van der Waals surface area contributed by atoms with Gasteiger partial charge < -0.3 is 4.42 Å². The van der Waals surface area contributed by atoms with Gasteiger partial charge in [0.15, 0.2) is 0 Å². The van der Waals surface area contributed by atoms with Gasteiger partial charge in [0.25, 0.3) is 11.6 Å². The van der Waals surface area contributed by atoms with E-state index in [-0.39, 0.29) is 38.2 Å². The van der Waals surface area contributed by atoms with Gasteiger partial charge in [0.1, 0.15) is 23.2 Å². The van der Waals surface area contributed by atoms with Crippen LogP contribution in [0.3, 0.4) is 0 Å². The Bertz CT molecular complexity index is 1380. The van der Waals surface area contributed by atoms with Crippen molar-refractivity contribution in [2.75, 3.05) is 11.1 Å².